The van der Waals surface area contributed by atoms with Crippen LogP contribution in [0.5, 0.6) is 0 Å². The van der Waals surface area contributed by atoms with E-state index in [1.165, 1.54) is 18.9 Å². The number of pyridine rings is 1. The van der Waals surface area contributed by atoms with Gasteiger partial charge in [0.2, 0.25) is 0 Å². The molecule has 27 heavy (non-hydrogen) atoms. The number of nitrogens with one attached hydrogen (secondary N) is 1. The highest BCUT2D eigenvalue weighted by Crippen LogP contribution is 2.55. The highest BCUT2D eigenvalue weighted by molar-refractivity contribution is 5.69. The average molecular weight is 385 g/mol. The lowest BCUT2D eigenvalue weighted by Crippen LogP contribution is -2.51. The molecule has 1 amide bonds. The summed E-state index contributed by atoms with van der Waals surface area (Å²) >= 11 is 0. The van der Waals surface area contributed by atoms with Gasteiger partial charge in [0, 0.05) is 19.3 Å². The number of amides is 1. The minimum atomic E-state index is -4.40. The van der Waals surface area contributed by atoms with Crippen LogP contribution in [0.2, 0.25) is 0 Å². The van der Waals surface area contributed by atoms with Crippen LogP contribution in [0.3, 0.4) is 0 Å². The van der Waals surface area contributed by atoms with Crippen molar-refractivity contribution < 1.29 is 22.7 Å². The number of hydrogen-bond acceptors (Lipinski definition) is 4. The largest absolute Gasteiger partial charge is 0.444 e. The van der Waals surface area contributed by atoms with E-state index in [9.17, 15) is 18.0 Å². The quantitative estimate of drug-likeness (QED) is 0.820. The van der Waals surface area contributed by atoms with Gasteiger partial charge in [-0.3, -0.25) is 0 Å². The second kappa shape index (κ2) is 6.87. The number of hydrogen-bond donors (Lipinski definition) is 1. The fourth-order valence-electron chi connectivity index (χ4n) is 3.51. The third-order valence-electron chi connectivity index (χ3n) is 5.19. The molecule has 0 aromatic carbocycles. The summed E-state index contributed by atoms with van der Waals surface area (Å²) in [7, 11) is 0. The number of piperidine rings is 1. The van der Waals surface area contributed by atoms with Gasteiger partial charge in [0.25, 0.3) is 0 Å². The molecule has 1 aromatic rings. The number of aromatic nitrogens is 1. The van der Waals surface area contributed by atoms with Gasteiger partial charge in [0.05, 0.1) is 11.6 Å². The number of nitrogens with zero attached hydrogens (tertiary/aromatic N) is 2. The standard InChI is InChI=1S/C19H26F3N3O2/c1-17(2,3)27-16(26)25-9-8-18(6-7-18)10-14(25)12-24-15-5-4-13(11-23-15)19(20,21)22/h4-5,11,14H,6-10,12H2,1-3H3,(H,23,24). The predicted octanol–water partition coefficient (Wildman–Crippen LogP) is 4.69. The van der Waals surface area contributed by atoms with Crippen LogP contribution in [-0.2, 0) is 10.9 Å². The van der Waals surface area contributed by atoms with E-state index in [0.29, 0.717) is 24.3 Å². The lowest BCUT2D eigenvalue weighted by molar-refractivity contribution is -0.137. The zero-order valence-corrected chi connectivity index (χ0v) is 15.9. The van der Waals surface area contributed by atoms with Crippen molar-refractivity contribution >= 4 is 11.9 Å². The summed E-state index contributed by atoms with van der Waals surface area (Å²) in [5.41, 5.74) is -1.03. The lowest BCUT2D eigenvalue weighted by Gasteiger charge is -2.40. The van der Waals surface area contributed by atoms with Crippen LogP contribution in [0, 0.1) is 5.41 Å². The Morgan fingerprint density at radius 2 is 2.00 bits per heavy atom. The molecule has 5 nitrogen and oxygen atoms in total. The van der Waals surface area contributed by atoms with Crippen molar-refractivity contribution in [2.24, 2.45) is 5.41 Å². The van der Waals surface area contributed by atoms with Gasteiger partial charge < -0.3 is 15.0 Å². The number of likely N-dealkylation sites (tertiary alicyclic amines) is 1. The SMILES string of the molecule is CC(C)(C)OC(=O)N1CCC2(CC2)CC1CNc1ccc(C(F)(F)F)cn1. The van der Waals surface area contributed by atoms with Gasteiger partial charge in [-0.25, -0.2) is 9.78 Å². The number of carbonyl (C=O) groups excluding carboxylic acids is 1. The molecular weight excluding hydrogens is 359 g/mol. The first-order valence-corrected chi connectivity index (χ1v) is 9.24. The molecule has 2 fully saturated rings. The summed E-state index contributed by atoms with van der Waals surface area (Å²) in [6, 6.07) is 2.25. The van der Waals surface area contributed by atoms with Gasteiger partial charge in [-0.1, -0.05) is 0 Å². The number of ether oxygens (including phenoxy) is 1. The molecule has 1 aliphatic heterocycles. The van der Waals surface area contributed by atoms with Crippen molar-refractivity contribution in [3.8, 4) is 0 Å². The molecular formula is C19H26F3N3O2. The summed E-state index contributed by atoms with van der Waals surface area (Å²) in [5.74, 6) is 0.363. The zero-order chi connectivity index (χ0) is 19.9. The zero-order valence-electron chi connectivity index (χ0n) is 15.9. The highest BCUT2D eigenvalue weighted by atomic mass is 19.4. The van der Waals surface area contributed by atoms with Crippen molar-refractivity contribution in [3.63, 3.8) is 0 Å². The number of rotatable bonds is 3. The van der Waals surface area contributed by atoms with Crippen LogP contribution in [0.15, 0.2) is 18.3 Å². The van der Waals surface area contributed by atoms with E-state index in [1.807, 2.05) is 20.8 Å². The Morgan fingerprint density at radius 3 is 2.52 bits per heavy atom. The molecule has 1 aromatic heterocycles. The minimum Gasteiger partial charge on any atom is -0.444 e. The molecule has 1 saturated carbocycles. The Kier molecular flexibility index (Phi) is 5.03. The Balaban J connectivity index is 1.65. The Morgan fingerprint density at radius 1 is 1.30 bits per heavy atom. The second-order valence-corrected chi connectivity index (χ2v) is 8.59. The molecule has 1 atom stereocenters. The van der Waals surface area contributed by atoms with E-state index < -0.39 is 17.3 Å². The monoisotopic (exact) mass is 385 g/mol. The maximum absolute atomic E-state index is 12.6. The lowest BCUT2D eigenvalue weighted by atomic mass is 9.88. The first-order valence-electron chi connectivity index (χ1n) is 9.24. The predicted molar refractivity (Wildman–Crippen MR) is 95.4 cm³/mol. The molecule has 0 bridgehead atoms. The van der Waals surface area contributed by atoms with Crippen LogP contribution in [0.25, 0.3) is 0 Å². The number of halogens is 3. The normalized spacial score (nSPS) is 21.9. The van der Waals surface area contributed by atoms with E-state index in [1.54, 1.807) is 4.90 Å². The topological polar surface area (TPSA) is 54.5 Å². The molecule has 1 spiro atoms. The van der Waals surface area contributed by atoms with E-state index in [2.05, 4.69) is 10.3 Å². The smallest absolute Gasteiger partial charge is 0.417 e. The van der Waals surface area contributed by atoms with Crippen LogP contribution in [0.1, 0.15) is 52.0 Å². The summed E-state index contributed by atoms with van der Waals surface area (Å²) in [6.07, 6.45) is 0.262. The van der Waals surface area contributed by atoms with Gasteiger partial charge in [-0.05, 0) is 64.0 Å². The van der Waals surface area contributed by atoms with E-state index in [-0.39, 0.29) is 12.1 Å². The van der Waals surface area contributed by atoms with Gasteiger partial charge in [0.15, 0.2) is 0 Å². The molecule has 0 radical (unpaired) electrons. The van der Waals surface area contributed by atoms with Gasteiger partial charge >= 0.3 is 12.3 Å². The van der Waals surface area contributed by atoms with Gasteiger partial charge in [-0.2, -0.15) is 13.2 Å². The Hall–Kier alpha value is -1.99. The Bertz CT molecular complexity index is 679. The van der Waals surface area contributed by atoms with Crippen LogP contribution in [0.4, 0.5) is 23.8 Å². The van der Waals surface area contributed by atoms with E-state index in [0.717, 1.165) is 25.1 Å². The number of carbonyl (C=O) groups is 1. The highest BCUT2D eigenvalue weighted by Gasteiger charge is 2.49. The van der Waals surface area contributed by atoms with Crippen LogP contribution < -0.4 is 5.32 Å². The summed E-state index contributed by atoms with van der Waals surface area (Å²) in [5, 5.41) is 3.08. The summed E-state index contributed by atoms with van der Waals surface area (Å²) in [6.45, 7) is 6.56. The fraction of sp³-hybridized carbons (Fsp3) is 0.684. The van der Waals surface area contributed by atoms with Crippen molar-refractivity contribution in [1.29, 1.82) is 0 Å². The van der Waals surface area contributed by atoms with Crippen LogP contribution >= 0.6 is 0 Å². The Labute approximate surface area is 157 Å². The van der Waals surface area contributed by atoms with Crippen molar-refractivity contribution in [2.45, 2.75) is 64.3 Å². The van der Waals surface area contributed by atoms with E-state index >= 15 is 0 Å². The van der Waals surface area contributed by atoms with Crippen LogP contribution in [-0.4, -0.2) is 40.7 Å². The molecule has 1 N–H and O–H groups in total. The molecule has 1 aliphatic carbocycles. The van der Waals surface area contributed by atoms with E-state index in [4.69, 9.17) is 4.74 Å². The van der Waals surface area contributed by atoms with Crippen molar-refractivity contribution in [1.82, 2.24) is 9.88 Å². The molecule has 2 heterocycles. The number of alkyl halides is 3. The molecule has 1 saturated heterocycles. The fourth-order valence-corrected chi connectivity index (χ4v) is 3.51. The van der Waals surface area contributed by atoms with Crippen molar-refractivity contribution in [2.75, 3.05) is 18.4 Å². The number of anilines is 1. The maximum atomic E-state index is 12.6. The second-order valence-electron chi connectivity index (χ2n) is 8.59. The molecule has 3 rings (SSSR count). The van der Waals surface area contributed by atoms with Gasteiger partial charge in [-0.15, -0.1) is 0 Å². The third-order valence-corrected chi connectivity index (χ3v) is 5.19. The maximum Gasteiger partial charge on any atom is 0.417 e. The molecule has 2 aliphatic rings. The minimum absolute atomic E-state index is 0.0693. The summed E-state index contributed by atoms with van der Waals surface area (Å²) in [4.78, 5) is 18.1. The van der Waals surface area contributed by atoms with Crippen molar-refractivity contribution in [3.05, 3.63) is 23.9 Å². The summed E-state index contributed by atoms with van der Waals surface area (Å²) < 4.78 is 43.5. The molecule has 150 valence electrons. The first kappa shape index (κ1) is 19.8. The first-order chi connectivity index (χ1) is 12.5. The third kappa shape index (κ3) is 5.05. The van der Waals surface area contributed by atoms with Gasteiger partial charge in [0.1, 0.15) is 11.4 Å². The average Bonchev–Trinajstić information content (AvgIpc) is 3.29. The molecule has 8 heteroatoms. The molecule has 1 unspecified atom stereocenters.